The van der Waals surface area contributed by atoms with Gasteiger partial charge in [0.25, 0.3) is 0 Å². The maximum atomic E-state index is 11.8. The Labute approximate surface area is 103 Å². The molecule has 0 unspecified atom stereocenters. The van der Waals surface area contributed by atoms with Crippen LogP contribution < -0.4 is 5.32 Å². The van der Waals surface area contributed by atoms with Crippen LogP contribution in [-0.4, -0.2) is 46.6 Å². The number of sulfone groups is 1. The SMILES string of the molecule is CC(C)(C(=O)Nc1cc(C(=O)O)[nH]n1)S(C)(=O)=O. The van der Waals surface area contributed by atoms with Gasteiger partial charge in [0.1, 0.15) is 10.4 Å². The number of carbonyl (C=O) groups excluding carboxylic acids is 1. The molecule has 0 aliphatic heterocycles. The molecule has 0 saturated carbocycles. The minimum Gasteiger partial charge on any atom is -0.477 e. The summed E-state index contributed by atoms with van der Waals surface area (Å²) in [6.45, 7) is 2.50. The molecule has 0 fully saturated rings. The van der Waals surface area contributed by atoms with Gasteiger partial charge in [-0.05, 0) is 13.8 Å². The van der Waals surface area contributed by atoms with Crippen LogP contribution in [0.1, 0.15) is 24.3 Å². The summed E-state index contributed by atoms with van der Waals surface area (Å²) < 4.78 is 21.2. The lowest BCUT2D eigenvalue weighted by molar-refractivity contribution is -0.117. The first kappa shape index (κ1) is 14.2. The van der Waals surface area contributed by atoms with Gasteiger partial charge in [-0.2, -0.15) is 5.10 Å². The molecule has 0 aliphatic carbocycles. The average Bonchev–Trinajstić information content (AvgIpc) is 2.64. The minimum atomic E-state index is -3.60. The van der Waals surface area contributed by atoms with Crippen molar-refractivity contribution < 1.29 is 23.1 Å². The van der Waals surface area contributed by atoms with Crippen molar-refractivity contribution in [2.75, 3.05) is 11.6 Å². The maximum absolute atomic E-state index is 11.8. The third-order valence-corrected chi connectivity index (χ3v) is 4.56. The summed E-state index contributed by atoms with van der Waals surface area (Å²) in [5, 5.41) is 16.6. The highest BCUT2D eigenvalue weighted by Crippen LogP contribution is 2.17. The van der Waals surface area contributed by atoms with Crippen LogP contribution in [0.15, 0.2) is 6.07 Å². The Morgan fingerprint density at radius 1 is 1.44 bits per heavy atom. The van der Waals surface area contributed by atoms with Crippen molar-refractivity contribution >= 4 is 27.5 Å². The number of aromatic nitrogens is 2. The lowest BCUT2D eigenvalue weighted by Crippen LogP contribution is -2.43. The van der Waals surface area contributed by atoms with E-state index in [1.165, 1.54) is 13.8 Å². The molecule has 0 spiro atoms. The Bertz CT molecular complexity index is 587. The molecule has 1 aromatic rings. The van der Waals surface area contributed by atoms with E-state index in [9.17, 15) is 18.0 Å². The molecule has 0 bridgehead atoms. The molecule has 0 aliphatic rings. The number of amides is 1. The van der Waals surface area contributed by atoms with Crippen molar-refractivity contribution in [3.8, 4) is 0 Å². The molecule has 100 valence electrons. The van der Waals surface area contributed by atoms with Gasteiger partial charge in [0.15, 0.2) is 15.7 Å². The smallest absolute Gasteiger partial charge is 0.353 e. The summed E-state index contributed by atoms with van der Waals surface area (Å²) in [7, 11) is -3.60. The van der Waals surface area contributed by atoms with Crippen molar-refractivity contribution in [2.45, 2.75) is 18.6 Å². The molecule has 3 N–H and O–H groups in total. The fourth-order valence-electron chi connectivity index (χ4n) is 0.931. The van der Waals surface area contributed by atoms with Gasteiger partial charge in [-0.1, -0.05) is 0 Å². The zero-order chi connectivity index (χ0) is 14.1. The van der Waals surface area contributed by atoms with E-state index in [-0.39, 0.29) is 11.5 Å². The van der Waals surface area contributed by atoms with Gasteiger partial charge in [-0.15, -0.1) is 0 Å². The summed E-state index contributed by atoms with van der Waals surface area (Å²) in [4.78, 5) is 22.3. The number of hydrogen-bond donors (Lipinski definition) is 3. The van der Waals surface area contributed by atoms with Crippen molar-refractivity contribution in [2.24, 2.45) is 0 Å². The number of aromatic carboxylic acids is 1. The molecule has 1 amide bonds. The Hall–Kier alpha value is -1.90. The zero-order valence-electron chi connectivity index (χ0n) is 10.0. The molecular weight excluding hydrogens is 262 g/mol. The Morgan fingerprint density at radius 3 is 2.39 bits per heavy atom. The second-order valence-corrected chi connectivity index (χ2v) is 6.77. The number of carbonyl (C=O) groups is 2. The summed E-state index contributed by atoms with van der Waals surface area (Å²) in [6.07, 6.45) is 0.944. The number of rotatable bonds is 4. The van der Waals surface area contributed by atoms with E-state index < -0.39 is 26.5 Å². The number of hydrogen-bond acceptors (Lipinski definition) is 5. The highest BCUT2D eigenvalue weighted by molar-refractivity contribution is 7.92. The summed E-state index contributed by atoms with van der Waals surface area (Å²) >= 11 is 0. The first-order valence-electron chi connectivity index (χ1n) is 4.85. The normalized spacial score (nSPS) is 12.2. The third-order valence-electron chi connectivity index (χ3n) is 2.52. The number of anilines is 1. The highest BCUT2D eigenvalue weighted by atomic mass is 32.2. The van der Waals surface area contributed by atoms with E-state index >= 15 is 0 Å². The summed E-state index contributed by atoms with van der Waals surface area (Å²) in [6, 6.07) is 1.10. The van der Waals surface area contributed by atoms with Gasteiger partial charge in [0.05, 0.1) is 0 Å². The Kier molecular flexibility index (Phi) is 3.47. The van der Waals surface area contributed by atoms with E-state index in [1.54, 1.807) is 0 Å². The summed E-state index contributed by atoms with van der Waals surface area (Å²) in [5.74, 6) is -2.06. The molecule has 0 radical (unpaired) electrons. The zero-order valence-corrected chi connectivity index (χ0v) is 10.8. The molecule has 1 heterocycles. The van der Waals surface area contributed by atoms with Gasteiger partial charge in [-0.3, -0.25) is 9.89 Å². The van der Waals surface area contributed by atoms with Gasteiger partial charge in [0.2, 0.25) is 5.91 Å². The fourth-order valence-corrected chi connectivity index (χ4v) is 1.32. The van der Waals surface area contributed by atoms with Crippen LogP contribution in [0, 0.1) is 0 Å². The minimum absolute atomic E-state index is 0.0471. The highest BCUT2D eigenvalue weighted by Gasteiger charge is 2.38. The van der Waals surface area contributed by atoms with Crippen molar-refractivity contribution in [3.63, 3.8) is 0 Å². The van der Waals surface area contributed by atoms with Crippen molar-refractivity contribution in [1.29, 1.82) is 0 Å². The fraction of sp³-hybridized carbons (Fsp3) is 0.444. The predicted molar refractivity (Wildman–Crippen MR) is 63.1 cm³/mol. The number of carboxylic acid groups (broad SMARTS) is 1. The Balaban J connectivity index is 2.91. The largest absolute Gasteiger partial charge is 0.477 e. The van der Waals surface area contributed by atoms with Crippen molar-refractivity contribution in [3.05, 3.63) is 11.8 Å². The quantitative estimate of drug-likeness (QED) is 0.701. The Morgan fingerprint density at radius 2 is 2.00 bits per heavy atom. The molecule has 0 saturated heterocycles. The molecule has 18 heavy (non-hydrogen) atoms. The van der Waals surface area contributed by atoms with E-state index in [1.807, 2.05) is 0 Å². The number of carboxylic acids is 1. The van der Waals surface area contributed by atoms with Crippen LogP contribution in [-0.2, 0) is 14.6 Å². The van der Waals surface area contributed by atoms with E-state index in [0.717, 1.165) is 12.3 Å². The van der Waals surface area contributed by atoms with Crippen LogP contribution in [0.2, 0.25) is 0 Å². The van der Waals surface area contributed by atoms with E-state index in [0.29, 0.717) is 0 Å². The number of aromatic amines is 1. The standard InChI is InChI=1S/C9H13N3O5S/c1-9(2,18(3,16)17)8(15)10-6-4-5(7(13)14)11-12-6/h4H,1-3H3,(H,13,14)(H2,10,11,12,15). The van der Waals surface area contributed by atoms with Gasteiger partial charge in [0, 0.05) is 12.3 Å². The molecule has 0 atom stereocenters. The molecule has 1 rings (SSSR count). The lowest BCUT2D eigenvalue weighted by atomic mass is 10.2. The third kappa shape index (κ3) is 2.67. The number of H-pyrrole nitrogens is 1. The van der Waals surface area contributed by atoms with E-state index in [2.05, 4.69) is 15.5 Å². The predicted octanol–water partition coefficient (Wildman–Crippen LogP) is -0.130. The van der Waals surface area contributed by atoms with Crippen LogP contribution in [0.5, 0.6) is 0 Å². The topological polar surface area (TPSA) is 129 Å². The number of nitrogens with one attached hydrogen (secondary N) is 2. The average molecular weight is 275 g/mol. The summed E-state index contributed by atoms with van der Waals surface area (Å²) in [5.41, 5.74) is -0.206. The molecule has 1 aromatic heterocycles. The number of nitrogens with zero attached hydrogens (tertiary/aromatic N) is 1. The second-order valence-electron chi connectivity index (χ2n) is 4.21. The van der Waals surface area contributed by atoms with Crippen LogP contribution in [0.25, 0.3) is 0 Å². The van der Waals surface area contributed by atoms with Crippen LogP contribution in [0.4, 0.5) is 5.82 Å². The van der Waals surface area contributed by atoms with Crippen molar-refractivity contribution in [1.82, 2.24) is 10.2 Å². The van der Waals surface area contributed by atoms with Gasteiger partial charge >= 0.3 is 5.97 Å². The van der Waals surface area contributed by atoms with Gasteiger partial charge in [-0.25, -0.2) is 13.2 Å². The maximum Gasteiger partial charge on any atom is 0.353 e. The van der Waals surface area contributed by atoms with E-state index in [4.69, 9.17) is 5.11 Å². The lowest BCUT2D eigenvalue weighted by Gasteiger charge is -2.20. The monoisotopic (exact) mass is 275 g/mol. The van der Waals surface area contributed by atoms with Crippen LogP contribution >= 0.6 is 0 Å². The first-order chi connectivity index (χ1) is 8.05. The molecule has 0 aromatic carbocycles. The van der Waals surface area contributed by atoms with Crippen LogP contribution in [0.3, 0.4) is 0 Å². The molecule has 9 heteroatoms. The molecular formula is C9H13N3O5S. The molecule has 8 nitrogen and oxygen atoms in total. The van der Waals surface area contributed by atoms with Gasteiger partial charge < -0.3 is 10.4 Å². The second kappa shape index (κ2) is 4.41. The first-order valence-corrected chi connectivity index (χ1v) is 6.74.